The molecule has 0 spiro atoms. The molecule has 1 aliphatic carbocycles. The molecule has 2 N–H and O–H groups in total. The highest BCUT2D eigenvalue weighted by atomic mass is 79.9. The van der Waals surface area contributed by atoms with Gasteiger partial charge in [-0.15, -0.1) is 0 Å². The third kappa shape index (κ3) is 4.79. The normalized spacial score (nSPS) is 17.4. The van der Waals surface area contributed by atoms with Gasteiger partial charge in [0.15, 0.2) is 5.78 Å². The Morgan fingerprint density at radius 1 is 1.05 bits per heavy atom. The van der Waals surface area contributed by atoms with E-state index in [-0.39, 0.29) is 5.78 Å². The lowest BCUT2D eigenvalue weighted by molar-refractivity contribution is -0.116. The Hall–Kier alpha value is -3.34. The summed E-state index contributed by atoms with van der Waals surface area (Å²) in [6.07, 6.45) is 1.94. The van der Waals surface area contributed by atoms with Gasteiger partial charge in [0.05, 0.1) is 22.0 Å². The molecule has 0 amide bonds. The van der Waals surface area contributed by atoms with E-state index < -0.39 is 5.92 Å². The second-order valence-electron chi connectivity index (χ2n) is 9.65. The number of carbonyl (C=O) groups is 1. The van der Waals surface area contributed by atoms with Gasteiger partial charge in [-0.1, -0.05) is 40.2 Å². The van der Waals surface area contributed by atoms with Crippen LogP contribution < -0.4 is 15.4 Å². The highest BCUT2D eigenvalue weighted by Gasteiger charge is 2.41. The second kappa shape index (κ2) is 10.8. The summed E-state index contributed by atoms with van der Waals surface area (Å²) < 4.78 is 7.96. The lowest BCUT2D eigenvalue weighted by atomic mass is 9.74. The molecule has 7 heteroatoms. The molecule has 192 valence electrons. The summed E-state index contributed by atoms with van der Waals surface area (Å²) in [6, 6.07) is 22.1. The van der Waals surface area contributed by atoms with Gasteiger partial charge in [-0.05, 0) is 101 Å². The number of halogens is 2. The monoisotopic (exact) mass is 631 g/mol. The largest absolute Gasteiger partial charge is 0.488 e. The van der Waals surface area contributed by atoms with Gasteiger partial charge in [-0.25, -0.2) is 0 Å². The lowest BCUT2D eigenvalue weighted by Gasteiger charge is -2.40. The van der Waals surface area contributed by atoms with Crippen molar-refractivity contribution in [3.05, 3.63) is 115 Å². The van der Waals surface area contributed by atoms with Crippen LogP contribution in [0.25, 0.3) is 0 Å². The average molecular weight is 633 g/mol. The molecule has 0 fully saturated rings. The highest BCUT2D eigenvalue weighted by molar-refractivity contribution is 9.10. The van der Waals surface area contributed by atoms with Gasteiger partial charge < -0.3 is 10.5 Å². The van der Waals surface area contributed by atoms with Crippen LogP contribution in [0.1, 0.15) is 47.4 Å². The van der Waals surface area contributed by atoms with Crippen LogP contribution in [-0.2, 0) is 11.4 Å². The molecule has 38 heavy (non-hydrogen) atoms. The number of hydrogen-bond donors (Lipinski definition) is 1. The molecule has 0 radical (unpaired) electrons. The van der Waals surface area contributed by atoms with Crippen molar-refractivity contribution < 1.29 is 9.53 Å². The summed E-state index contributed by atoms with van der Waals surface area (Å²) in [5.41, 5.74) is 13.6. The Morgan fingerprint density at radius 3 is 2.50 bits per heavy atom. The number of benzene rings is 3. The van der Waals surface area contributed by atoms with Crippen LogP contribution in [-0.4, -0.2) is 5.78 Å². The van der Waals surface area contributed by atoms with Crippen LogP contribution >= 0.6 is 31.9 Å². The van der Waals surface area contributed by atoms with Gasteiger partial charge in [0.25, 0.3) is 0 Å². The first-order chi connectivity index (χ1) is 18.3. The van der Waals surface area contributed by atoms with Crippen LogP contribution in [0.3, 0.4) is 0 Å². The van der Waals surface area contributed by atoms with Crippen molar-refractivity contribution in [1.82, 2.24) is 0 Å². The zero-order chi connectivity index (χ0) is 27.0. The van der Waals surface area contributed by atoms with Crippen LogP contribution in [0.2, 0.25) is 0 Å². The summed E-state index contributed by atoms with van der Waals surface area (Å²) in [4.78, 5) is 15.4. The van der Waals surface area contributed by atoms with Crippen LogP contribution in [0, 0.1) is 25.2 Å². The molecule has 0 bridgehead atoms. The Morgan fingerprint density at radius 2 is 1.79 bits per heavy atom. The van der Waals surface area contributed by atoms with E-state index in [0.717, 1.165) is 61.2 Å². The molecular weight excluding hydrogens is 606 g/mol. The first kappa shape index (κ1) is 26.3. The van der Waals surface area contributed by atoms with Crippen molar-refractivity contribution in [2.45, 2.75) is 45.6 Å². The molecule has 3 aromatic rings. The van der Waals surface area contributed by atoms with E-state index in [1.807, 2.05) is 60.4 Å². The van der Waals surface area contributed by atoms with E-state index in [1.165, 1.54) is 0 Å². The predicted octanol–water partition coefficient (Wildman–Crippen LogP) is 7.71. The smallest absolute Gasteiger partial charge is 0.161 e. The fourth-order valence-corrected chi connectivity index (χ4v) is 6.05. The van der Waals surface area contributed by atoms with Crippen molar-refractivity contribution >= 4 is 43.3 Å². The van der Waals surface area contributed by atoms with Crippen molar-refractivity contribution in [3.63, 3.8) is 0 Å². The van der Waals surface area contributed by atoms with E-state index in [0.29, 0.717) is 30.0 Å². The van der Waals surface area contributed by atoms with Gasteiger partial charge in [-0.2, -0.15) is 5.26 Å². The van der Waals surface area contributed by atoms with Gasteiger partial charge in [0.1, 0.15) is 18.2 Å². The SMILES string of the molecule is Cc1cc(C)c(C2C(C#N)=C(N)N(c3ccc(Br)cc3)C3=C2C(=O)CCC3)cc1COc1ccccc1Br. The minimum Gasteiger partial charge on any atom is -0.488 e. The standard InChI is InChI=1S/C31H27Br2N3O2/c1-18-14-19(2)23(15-20(18)17-38-28-9-4-3-6-25(28)33)29-24(16-34)31(35)36(22-12-10-21(32)11-13-22)26-7-5-8-27(37)30(26)29/h3-4,6,9-15,29H,5,7-8,17,35H2,1-2H3. The number of carbonyl (C=O) groups excluding carboxylic acids is 1. The minimum absolute atomic E-state index is 0.0737. The first-order valence-electron chi connectivity index (χ1n) is 12.5. The van der Waals surface area contributed by atoms with Gasteiger partial charge in [0, 0.05) is 27.9 Å². The van der Waals surface area contributed by atoms with E-state index in [1.54, 1.807) is 0 Å². The van der Waals surface area contributed by atoms with Crippen LogP contribution in [0.5, 0.6) is 5.75 Å². The summed E-state index contributed by atoms with van der Waals surface area (Å²) in [5, 5.41) is 10.4. The number of nitriles is 1. The molecular formula is C31H27Br2N3O2. The lowest BCUT2D eigenvalue weighted by Crippen LogP contribution is -2.38. The Bertz CT molecular complexity index is 1530. The number of para-hydroxylation sites is 1. The molecule has 1 unspecified atom stereocenters. The molecule has 0 saturated carbocycles. The number of hydrogen-bond acceptors (Lipinski definition) is 5. The quantitative estimate of drug-likeness (QED) is 0.312. The summed E-state index contributed by atoms with van der Waals surface area (Å²) in [7, 11) is 0. The molecule has 0 aromatic heterocycles. The number of ether oxygens (including phenoxy) is 1. The van der Waals surface area contributed by atoms with Crippen molar-refractivity contribution in [1.29, 1.82) is 5.26 Å². The summed E-state index contributed by atoms with van der Waals surface area (Å²) in [5.74, 6) is 0.687. The topological polar surface area (TPSA) is 79.4 Å². The van der Waals surface area contributed by atoms with Crippen molar-refractivity contribution in [2.75, 3.05) is 4.90 Å². The maximum Gasteiger partial charge on any atom is 0.161 e. The molecule has 2 aliphatic rings. The van der Waals surface area contributed by atoms with Gasteiger partial charge >= 0.3 is 0 Å². The zero-order valence-electron chi connectivity index (χ0n) is 21.2. The highest BCUT2D eigenvalue weighted by Crippen LogP contribution is 2.47. The molecule has 1 heterocycles. The predicted molar refractivity (Wildman–Crippen MR) is 156 cm³/mol. The van der Waals surface area contributed by atoms with E-state index in [2.05, 4.69) is 57.0 Å². The number of nitrogens with zero attached hydrogens (tertiary/aromatic N) is 2. The number of anilines is 1. The average Bonchev–Trinajstić information content (AvgIpc) is 2.89. The molecule has 1 atom stereocenters. The molecule has 5 rings (SSSR count). The molecule has 3 aromatic carbocycles. The Balaban J connectivity index is 1.63. The second-order valence-corrected chi connectivity index (χ2v) is 11.4. The van der Waals surface area contributed by atoms with Crippen LogP contribution in [0.4, 0.5) is 5.69 Å². The first-order valence-corrected chi connectivity index (χ1v) is 14.1. The van der Waals surface area contributed by atoms with Gasteiger partial charge in [0.2, 0.25) is 0 Å². The van der Waals surface area contributed by atoms with E-state index >= 15 is 0 Å². The Labute approximate surface area is 239 Å². The van der Waals surface area contributed by atoms with E-state index in [9.17, 15) is 10.1 Å². The number of nitrogens with two attached hydrogens (primary N) is 1. The number of ketones is 1. The number of Topliss-reactive ketones (excluding diaryl/α,β-unsaturated/α-hetero) is 1. The van der Waals surface area contributed by atoms with Crippen molar-refractivity contribution in [2.24, 2.45) is 5.73 Å². The van der Waals surface area contributed by atoms with Crippen molar-refractivity contribution in [3.8, 4) is 11.8 Å². The van der Waals surface area contributed by atoms with Gasteiger partial charge in [-0.3, -0.25) is 9.69 Å². The minimum atomic E-state index is -0.516. The maximum absolute atomic E-state index is 13.5. The summed E-state index contributed by atoms with van der Waals surface area (Å²) >= 11 is 7.03. The molecule has 5 nitrogen and oxygen atoms in total. The molecule has 1 aliphatic heterocycles. The van der Waals surface area contributed by atoms with Crippen LogP contribution in [0.15, 0.2) is 92.3 Å². The third-order valence-corrected chi connectivity index (χ3v) is 8.44. The number of rotatable bonds is 5. The Kier molecular flexibility index (Phi) is 7.47. The number of aryl methyl sites for hydroxylation is 2. The summed E-state index contributed by atoms with van der Waals surface area (Å²) in [6.45, 7) is 4.44. The maximum atomic E-state index is 13.5. The third-order valence-electron chi connectivity index (χ3n) is 7.25. The van der Waals surface area contributed by atoms with E-state index in [4.69, 9.17) is 10.5 Å². The fraction of sp³-hybridized carbons (Fsp3) is 0.226. The fourth-order valence-electron chi connectivity index (χ4n) is 5.38. The molecule has 0 saturated heterocycles. The number of allylic oxidation sites excluding steroid dienone is 3. The zero-order valence-corrected chi connectivity index (χ0v) is 24.4.